The molecular formula is C13H25N3O. The van der Waals surface area contributed by atoms with Crippen LogP contribution in [-0.4, -0.2) is 42.5 Å². The maximum Gasteiger partial charge on any atom is 0.237 e. The van der Waals surface area contributed by atoms with E-state index in [2.05, 4.69) is 17.1 Å². The Morgan fingerprint density at radius 1 is 1.24 bits per heavy atom. The van der Waals surface area contributed by atoms with Gasteiger partial charge in [0.25, 0.3) is 0 Å². The molecule has 1 amide bonds. The van der Waals surface area contributed by atoms with E-state index in [-0.39, 0.29) is 5.91 Å². The molecule has 0 aromatic carbocycles. The van der Waals surface area contributed by atoms with E-state index in [1.165, 1.54) is 12.8 Å². The molecule has 2 rings (SSSR count). The van der Waals surface area contributed by atoms with Crippen LogP contribution in [0.25, 0.3) is 0 Å². The summed E-state index contributed by atoms with van der Waals surface area (Å²) in [5.74, 6) is 0.324. The van der Waals surface area contributed by atoms with Gasteiger partial charge < -0.3 is 11.1 Å². The highest BCUT2D eigenvalue weighted by Crippen LogP contribution is 2.37. The Balaban J connectivity index is 2.16. The van der Waals surface area contributed by atoms with Gasteiger partial charge in [-0.25, -0.2) is 0 Å². The zero-order valence-corrected chi connectivity index (χ0v) is 10.9. The predicted octanol–water partition coefficient (Wildman–Crippen LogP) is 0.716. The van der Waals surface area contributed by atoms with Crippen molar-refractivity contribution in [1.82, 2.24) is 10.2 Å². The van der Waals surface area contributed by atoms with Crippen LogP contribution >= 0.6 is 0 Å². The smallest absolute Gasteiger partial charge is 0.237 e. The van der Waals surface area contributed by atoms with Crippen molar-refractivity contribution in [1.29, 1.82) is 0 Å². The number of hydrogen-bond donors (Lipinski definition) is 2. The summed E-state index contributed by atoms with van der Waals surface area (Å²) in [6.45, 7) is 6.01. The minimum absolute atomic E-state index is 0.133. The lowest BCUT2D eigenvalue weighted by molar-refractivity contribution is -0.133. The second-order valence-corrected chi connectivity index (χ2v) is 5.58. The molecule has 1 aliphatic carbocycles. The van der Waals surface area contributed by atoms with Crippen LogP contribution in [0.2, 0.25) is 0 Å². The highest BCUT2D eigenvalue weighted by molar-refractivity contribution is 5.84. The summed E-state index contributed by atoms with van der Waals surface area (Å²) in [7, 11) is 0. The molecule has 1 saturated heterocycles. The van der Waals surface area contributed by atoms with Crippen LogP contribution in [-0.2, 0) is 4.79 Å². The molecule has 3 N–H and O–H groups in total. The van der Waals surface area contributed by atoms with E-state index in [0.29, 0.717) is 5.92 Å². The number of nitrogens with zero attached hydrogens (tertiary/aromatic N) is 1. The highest BCUT2D eigenvalue weighted by Gasteiger charge is 2.45. The van der Waals surface area contributed by atoms with Gasteiger partial charge in [-0.05, 0) is 38.6 Å². The second-order valence-electron chi connectivity index (χ2n) is 5.58. The van der Waals surface area contributed by atoms with Gasteiger partial charge in [-0.15, -0.1) is 0 Å². The number of carbonyl (C=O) groups is 1. The first-order valence-electron chi connectivity index (χ1n) is 6.91. The third-order valence-electron chi connectivity index (χ3n) is 4.65. The number of amides is 1. The van der Waals surface area contributed by atoms with Crippen LogP contribution in [0.15, 0.2) is 0 Å². The van der Waals surface area contributed by atoms with Crippen molar-refractivity contribution in [2.45, 2.75) is 44.6 Å². The summed E-state index contributed by atoms with van der Waals surface area (Å²) in [6.07, 6.45) is 5.92. The average molecular weight is 239 g/mol. The molecule has 1 heterocycles. The SMILES string of the molecule is CC(C(N)=O)(C1CCCC1)N1CCCNCC1. The van der Waals surface area contributed by atoms with Gasteiger partial charge in [-0.3, -0.25) is 9.69 Å². The topological polar surface area (TPSA) is 58.4 Å². The van der Waals surface area contributed by atoms with E-state index in [4.69, 9.17) is 5.73 Å². The summed E-state index contributed by atoms with van der Waals surface area (Å²) in [5.41, 5.74) is 5.30. The Bertz CT molecular complexity index is 268. The van der Waals surface area contributed by atoms with E-state index < -0.39 is 5.54 Å². The molecule has 0 aromatic rings. The molecule has 0 aromatic heterocycles. The van der Waals surface area contributed by atoms with Crippen LogP contribution < -0.4 is 11.1 Å². The van der Waals surface area contributed by atoms with E-state index in [9.17, 15) is 4.79 Å². The molecule has 0 spiro atoms. The number of rotatable bonds is 3. The fourth-order valence-electron chi connectivity index (χ4n) is 3.41. The quantitative estimate of drug-likeness (QED) is 0.763. The first-order chi connectivity index (χ1) is 8.15. The van der Waals surface area contributed by atoms with E-state index in [0.717, 1.165) is 45.4 Å². The molecule has 4 heteroatoms. The molecule has 0 bridgehead atoms. The van der Waals surface area contributed by atoms with Gasteiger partial charge >= 0.3 is 0 Å². The maximum absolute atomic E-state index is 12.0. The minimum Gasteiger partial charge on any atom is -0.368 e. The number of hydrogen-bond acceptors (Lipinski definition) is 3. The normalized spacial score (nSPS) is 27.6. The van der Waals surface area contributed by atoms with Crippen molar-refractivity contribution < 1.29 is 4.79 Å². The van der Waals surface area contributed by atoms with Gasteiger partial charge in [0.05, 0.1) is 0 Å². The van der Waals surface area contributed by atoms with Gasteiger partial charge in [-0.2, -0.15) is 0 Å². The van der Waals surface area contributed by atoms with Crippen molar-refractivity contribution in [3.8, 4) is 0 Å². The standard InChI is InChI=1S/C13H25N3O/c1-13(12(14)17,11-5-2-3-6-11)16-9-4-7-15-8-10-16/h11,15H,2-10H2,1H3,(H2,14,17). The molecule has 1 atom stereocenters. The monoisotopic (exact) mass is 239 g/mol. The van der Waals surface area contributed by atoms with Crippen molar-refractivity contribution in [2.75, 3.05) is 26.2 Å². The molecule has 1 saturated carbocycles. The van der Waals surface area contributed by atoms with Crippen molar-refractivity contribution in [3.63, 3.8) is 0 Å². The van der Waals surface area contributed by atoms with Crippen LogP contribution in [0.3, 0.4) is 0 Å². The minimum atomic E-state index is -0.428. The fraction of sp³-hybridized carbons (Fsp3) is 0.923. The summed E-state index contributed by atoms with van der Waals surface area (Å²) < 4.78 is 0. The number of carbonyl (C=O) groups excluding carboxylic acids is 1. The van der Waals surface area contributed by atoms with Gasteiger partial charge in [0, 0.05) is 19.6 Å². The van der Waals surface area contributed by atoms with Crippen molar-refractivity contribution in [3.05, 3.63) is 0 Å². The van der Waals surface area contributed by atoms with Gasteiger partial charge in [0.1, 0.15) is 5.54 Å². The summed E-state index contributed by atoms with van der Waals surface area (Å²) in [4.78, 5) is 14.3. The fourth-order valence-corrected chi connectivity index (χ4v) is 3.41. The molecular weight excluding hydrogens is 214 g/mol. The average Bonchev–Trinajstić information content (AvgIpc) is 2.70. The largest absolute Gasteiger partial charge is 0.368 e. The molecule has 1 unspecified atom stereocenters. The third kappa shape index (κ3) is 2.47. The molecule has 17 heavy (non-hydrogen) atoms. The molecule has 1 aliphatic heterocycles. The molecule has 0 radical (unpaired) electrons. The van der Waals surface area contributed by atoms with Crippen LogP contribution in [0.5, 0.6) is 0 Å². The number of primary amides is 1. The van der Waals surface area contributed by atoms with Gasteiger partial charge in [0.2, 0.25) is 5.91 Å². The third-order valence-corrected chi connectivity index (χ3v) is 4.65. The second kappa shape index (κ2) is 5.36. The lowest BCUT2D eigenvalue weighted by Gasteiger charge is -2.42. The zero-order chi connectivity index (χ0) is 12.3. The lowest BCUT2D eigenvalue weighted by Crippen LogP contribution is -2.60. The zero-order valence-electron chi connectivity index (χ0n) is 10.9. The van der Waals surface area contributed by atoms with Crippen molar-refractivity contribution in [2.24, 2.45) is 11.7 Å². The summed E-state index contributed by atoms with van der Waals surface area (Å²) >= 11 is 0. The molecule has 4 nitrogen and oxygen atoms in total. The first kappa shape index (κ1) is 12.8. The van der Waals surface area contributed by atoms with Gasteiger partial charge in [0.15, 0.2) is 0 Å². The summed E-state index contributed by atoms with van der Waals surface area (Å²) in [5, 5.41) is 3.39. The number of nitrogens with one attached hydrogen (secondary N) is 1. The highest BCUT2D eigenvalue weighted by atomic mass is 16.1. The van der Waals surface area contributed by atoms with Crippen LogP contribution in [0, 0.1) is 5.92 Å². The maximum atomic E-state index is 12.0. The molecule has 98 valence electrons. The summed E-state index contributed by atoms with van der Waals surface area (Å²) in [6, 6.07) is 0. The Labute approximate surface area is 104 Å². The number of nitrogens with two attached hydrogens (primary N) is 1. The Kier molecular flexibility index (Phi) is 4.05. The van der Waals surface area contributed by atoms with E-state index in [1.807, 2.05) is 0 Å². The van der Waals surface area contributed by atoms with Gasteiger partial charge in [-0.1, -0.05) is 12.8 Å². The van der Waals surface area contributed by atoms with Crippen LogP contribution in [0.1, 0.15) is 39.0 Å². The van der Waals surface area contributed by atoms with Crippen LogP contribution in [0.4, 0.5) is 0 Å². The van der Waals surface area contributed by atoms with E-state index in [1.54, 1.807) is 0 Å². The first-order valence-corrected chi connectivity index (χ1v) is 6.91. The molecule has 2 fully saturated rings. The predicted molar refractivity (Wildman–Crippen MR) is 68.6 cm³/mol. The van der Waals surface area contributed by atoms with E-state index >= 15 is 0 Å². The Morgan fingerprint density at radius 2 is 1.94 bits per heavy atom. The van der Waals surface area contributed by atoms with Crippen molar-refractivity contribution >= 4 is 5.91 Å². The molecule has 2 aliphatic rings. The lowest BCUT2D eigenvalue weighted by atomic mass is 9.81. The Hall–Kier alpha value is -0.610. The Morgan fingerprint density at radius 3 is 2.59 bits per heavy atom.